The first kappa shape index (κ1) is 12.3. The van der Waals surface area contributed by atoms with E-state index in [1.807, 2.05) is 22.6 Å². The Kier molecular flexibility index (Phi) is 3.34. The third kappa shape index (κ3) is 2.27. The second-order valence-corrected chi connectivity index (χ2v) is 4.59. The molecular weight excluding hydrogens is 361 g/mol. The van der Waals surface area contributed by atoms with Crippen molar-refractivity contribution in [3.8, 4) is 5.69 Å². The SMILES string of the molecule is O=C(O)c1cnn(-c2ccc(Cl)c(F)c2)c1I. The Balaban J connectivity index is 2.53. The first-order valence-corrected chi connectivity index (χ1v) is 5.88. The number of aromatic carboxylic acids is 1. The minimum absolute atomic E-state index is 0.00868. The van der Waals surface area contributed by atoms with Gasteiger partial charge in [-0.25, -0.2) is 13.9 Å². The van der Waals surface area contributed by atoms with Crippen LogP contribution in [0, 0.1) is 9.52 Å². The Morgan fingerprint density at radius 3 is 2.76 bits per heavy atom. The number of nitrogens with zero attached hydrogens (tertiary/aromatic N) is 2. The number of hydrogen-bond donors (Lipinski definition) is 1. The quantitative estimate of drug-likeness (QED) is 0.832. The summed E-state index contributed by atoms with van der Waals surface area (Å²) in [7, 11) is 0. The maximum atomic E-state index is 13.3. The van der Waals surface area contributed by atoms with E-state index in [0.29, 0.717) is 9.39 Å². The normalized spacial score (nSPS) is 10.5. The van der Waals surface area contributed by atoms with Crippen molar-refractivity contribution in [1.82, 2.24) is 9.78 Å². The predicted molar refractivity (Wildman–Crippen MR) is 68.2 cm³/mol. The summed E-state index contributed by atoms with van der Waals surface area (Å²) in [5, 5.41) is 12.8. The fraction of sp³-hybridized carbons (Fsp3) is 0. The molecule has 0 atom stereocenters. The summed E-state index contributed by atoms with van der Waals surface area (Å²) in [6.07, 6.45) is 1.22. The van der Waals surface area contributed by atoms with E-state index in [-0.39, 0.29) is 10.6 Å². The van der Waals surface area contributed by atoms with E-state index in [1.54, 1.807) is 6.07 Å². The van der Waals surface area contributed by atoms with E-state index in [2.05, 4.69) is 5.10 Å². The molecule has 0 bridgehead atoms. The zero-order chi connectivity index (χ0) is 12.6. The van der Waals surface area contributed by atoms with Crippen LogP contribution < -0.4 is 0 Å². The molecule has 0 aliphatic rings. The van der Waals surface area contributed by atoms with Gasteiger partial charge in [0.1, 0.15) is 15.1 Å². The summed E-state index contributed by atoms with van der Waals surface area (Å²) in [5.41, 5.74) is 0.491. The zero-order valence-corrected chi connectivity index (χ0v) is 11.1. The van der Waals surface area contributed by atoms with Crippen LogP contribution in [0.25, 0.3) is 5.69 Å². The summed E-state index contributed by atoms with van der Waals surface area (Å²) in [6.45, 7) is 0. The van der Waals surface area contributed by atoms with Gasteiger partial charge < -0.3 is 5.11 Å². The summed E-state index contributed by atoms with van der Waals surface area (Å²) < 4.78 is 15.0. The number of rotatable bonds is 2. The van der Waals surface area contributed by atoms with Crippen molar-refractivity contribution < 1.29 is 14.3 Å². The first-order valence-electron chi connectivity index (χ1n) is 4.43. The van der Waals surface area contributed by atoms with Crippen LogP contribution in [0.15, 0.2) is 24.4 Å². The Bertz CT molecular complexity index is 600. The second-order valence-electron chi connectivity index (χ2n) is 3.16. The number of aromatic nitrogens is 2. The number of benzene rings is 1. The van der Waals surface area contributed by atoms with Crippen LogP contribution >= 0.6 is 34.2 Å². The molecule has 0 aliphatic heterocycles. The van der Waals surface area contributed by atoms with Crippen LogP contribution in [0.2, 0.25) is 5.02 Å². The molecule has 1 aromatic heterocycles. The highest BCUT2D eigenvalue weighted by Gasteiger charge is 2.15. The number of carboxylic acids is 1. The van der Waals surface area contributed by atoms with Gasteiger partial charge in [-0.15, -0.1) is 0 Å². The highest BCUT2D eigenvalue weighted by atomic mass is 127. The van der Waals surface area contributed by atoms with Gasteiger partial charge in [0.25, 0.3) is 0 Å². The maximum Gasteiger partial charge on any atom is 0.340 e. The highest BCUT2D eigenvalue weighted by molar-refractivity contribution is 14.1. The maximum absolute atomic E-state index is 13.3. The molecule has 0 unspecified atom stereocenters. The van der Waals surface area contributed by atoms with Crippen molar-refractivity contribution in [3.63, 3.8) is 0 Å². The Morgan fingerprint density at radius 2 is 2.24 bits per heavy atom. The van der Waals surface area contributed by atoms with Crippen LogP contribution in [-0.4, -0.2) is 20.9 Å². The summed E-state index contributed by atoms with van der Waals surface area (Å²) in [6, 6.07) is 4.15. The standard InChI is InChI=1S/C10H5ClFIN2O2/c11-7-2-1-5(3-8(7)12)15-9(13)6(4-14-15)10(16)17/h1-4H,(H,16,17). The van der Waals surface area contributed by atoms with Crippen molar-refractivity contribution in [1.29, 1.82) is 0 Å². The van der Waals surface area contributed by atoms with Crippen molar-refractivity contribution in [3.05, 3.63) is 44.5 Å². The van der Waals surface area contributed by atoms with Gasteiger partial charge in [0.2, 0.25) is 0 Å². The average molecular weight is 367 g/mol. The van der Waals surface area contributed by atoms with Crippen molar-refractivity contribution in [2.75, 3.05) is 0 Å². The molecule has 0 aliphatic carbocycles. The number of halogens is 3. The minimum atomic E-state index is -1.07. The largest absolute Gasteiger partial charge is 0.478 e. The van der Waals surface area contributed by atoms with E-state index in [9.17, 15) is 9.18 Å². The molecule has 0 spiro atoms. The number of carboxylic acid groups (broad SMARTS) is 1. The van der Waals surface area contributed by atoms with Gasteiger partial charge in [-0.2, -0.15) is 5.10 Å². The third-order valence-electron chi connectivity index (χ3n) is 2.09. The Morgan fingerprint density at radius 1 is 1.53 bits per heavy atom. The Labute approximate surface area is 114 Å². The molecule has 0 saturated heterocycles. The first-order chi connectivity index (χ1) is 8.00. The number of hydrogen-bond acceptors (Lipinski definition) is 2. The second kappa shape index (κ2) is 4.61. The van der Waals surface area contributed by atoms with Crippen LogP contribution in [0.1, 0.15) is 10.4 Å². The highest BCUT2D eigenvalue weighted by Crippen LogP contribution is 2.21. The molecule has 0 fully saturated rings. The van der Waals surface area contributed by atoms with Crippen LogP contribution in [-0.2, 0) is 0 Å². The molecule has 0 radical (unpaired) electrons. The third-order valence-corrected chi connectivity index (χ3v) is 3.43. The lowest BCUT2D eigenvalue weighted by atomic mass is 10.3. The van der Waals surface area contributed by atoms with Gasteiger partial charge in [-0.05, 0) is 34.7 Å². The molecule has 88 valence electrons. The van der Waals surface area contributed by atoms with E-state index < -0.39 is 11.8 Å². The molecule has 2 rings (SSSR count). The van der Waals surface area contributed by atoms with Crippen LogP contribution in [0.3, 0.4) is 0 Å². The van der Waals surface area contributed by atoms with E-state index in [0.717, 1.165) is 0 Å². The lowest BCUT2D eigenvalue weighted by molar-refractivity contribution is 0.0695. The molecule has 7 heteroatoms. The van der Waals surface area contributed by atoms with Crippen molar-refractivity contribution in [2.45, 2.75) is 0 Å². The average Bonchev–Trinajstić information content (AvgIpc) is 2.64. The molecule has 0 amide bonds. The topological polar surface area (TPSA) is 55.1 Å². The molecule has 2 aromatic rings. The molecule has 1 aromatic carbocycles. The lowest BCUT2D eigenvalue weighted by Gasteiger charge is -2.04. The van der Waals surface area contributed by atoms with Gasteiger partial charge in [0.05, 0.1) is 16.9 Å². The van der Waals surface area contributed by atoms with Crippen LogP contribution in [0.5, 0.6) is 0 Å². The van der Waals surface area contributed by atoms with Gasteiger partial charge in [0.15, 0.2) is 0 Å². The van der Waals surface area contributed by atoms with Crippen molar-refractivity contribution in [2.24, 2.45) is 0 Å². The minimum Gasteiger partial charge on any atom is -0.478 e. The molecule has 1 N–H and O–H groups in total. The van der Waals surface area contributed by atoms with E-state index in [4.69, 9.17) is 16.7 Å². The van der Waals surface area contributed by atoms with Gasteiger partial charge >= 0.3 is 5.97 Å². The fourth-order valence-corrected chi connectivity index (χ4v) is 2.16. The fourth-order valence-electron chi connectivity index (χ4n) is 1.27. The van der Waals surface area contributed by atoms with Crippen LogP contribution in [0.4, 0.5) is 4.39 Å². The summed E-state index contributed by atoms with van der Waals surface area (Å²) >= 11 is 7.40. The smallest absolute Gasteiger partial charge is 0.340 e. The predicted octanol–water partition coefficient (Wildman–Crippen LogP) is 2.97. The van der Waals surface area contributed by atoms with Crippen molar-refractivity contribution >= 4 is 40.2 Å². The lowest BCUT2D eigenvalue weighted by Crippen LogP contribution is -2.02. The van der Waals surface area contributed by atoms with Gasteiger partial charge in [0, 0.05) is 6.07 Å². The monoisotopic (exact) mass is 366 g/mol. The van der Waals surface area contributed by atoms with Gasteiger partial charge in [-0.1, -0.05) is 11.6 Å². The van der Waals surface area contributed by atoms with E-state index in [1.165, 1.54) is 23.0 Å². The molecular formula is C10H5ClFIN2O2. The molecule has 17 heavy (non-hydrogen) atoms. The number of carbonyl (C=O) groups is 1. The van der Waals surface area contributed by atoms with E-state index >= 15 is 0 Å². The summed E-state index contributed by atoms with van der Waals surface area (Å²) in [5.74, 6) is -1.65. The molecule has 0 saturated carbocycles. The van der Waals surface area contributed by atoms with Gasteiger partial charge in [-0.3, -0.25) is 0 Å². The zero-order valence-electron chi connectivity index (χ0n) is 8.19. The Hall–Kier alpha value is -1.15. The molecule has 1 heterocycles. The summed E-state index contributed by atoms with van der Waals surface area (Å²) in [4.78, 5) is 10.8. The molecule has 4 nitrogen and oxygen atoms in total.